The average Bonchev–Trinajstić information content (AvgIpc) is 2.58. The molecule has 0 spiro atoms. The maximum Gasteiger partial charge on any atom is 0.260 e. The molecule has 0 bridgehead atoms. The maximum absolute atomic E-state index is 12.3. The summed E-state index contributed by atoms with van der Waals surface area (Å²) in [5.74, 6) is 0.560. The molecule has 1 N–H and O–H groups in total. The Bertz CT molecular complexity index is 692. The van der Waals surface area contributed by atoms with Gasteiger partial charge >= 0.3 is 0 Å². The van der Waals surface area contributed by atoms with Crippen LogP contribution < -0.4 is 10.1 Å². The zero-order valence-corrected chi connectivity index (χ0v) is 16.1. The van der Waals surface area contributed by atoms with Crippen molar-refractivity contribution in [1.82, 2.24) is 5.32 Å². The zero-order chi connectivity index (χ0) is 18.4. The first-order valence-corrected chi connectivity index (χ1v) is 9.02. The van der Waals surface area contributed by atoms with Crippen LogP contribution in [0.5, 0.6) is 5.75 Å². The summed E-state index contributed by atoms with van der Waals surface area (Å²) in [6, 6.07) is 14.1. The lowest BCUT2D eigenvalue weighted by molar-refractivity contribution is -0.127. The maximum atomic E-state index is 12.3. The second kappa shape index (κ2) is 8.91. The van der Waals surface area contributed by atoms with Gasteiger partial charge in [0.15, 0.2) is 6.10 Å². The van der Waals surface area contributed by atoms with Crippen LogP contribution >= 0.6 is 11.6 Å². The van der Waals surface area contributed by atoms with E-state index in [2.05, 4.69) is 17.4 Å². The number of rotatable bonds is 7. The highest BCUT2D eigenvalue weighted by atomic mass is 35.5. The van der Waals surface area contributed by atoms with E-state index in [-0.39, 0.29) is 11.9 Å². The van der Waals surface area contributed by atoms with Gasteiger partial charge in [-0.1, -0.05) is 41.9 Å². The second-order valence-electron chi connectivity index (χ2n) is 6.57. The van der Waals surface area contributed by atoms with Crippen molar-refractivity contribution in [3.8, 4) is 5.75 Å². The van der Waals surface area contributed by atoms with E-state index in [0.29, 0.717) is 5.75 Å². The lowest BCUT2D eigenvalue weighted by Gasteiger charge is -2.19. The van der Waals surface area contributed by atoms with Gasteiger partial charge < -0.3 is 10.1 Å². The monoisotopic (exact) mass is 359 g/mol. The van der Waals surface area contributed by atoms with Crippen molar-refractivity contribution in [1.29, 1.82) is 0 Å². The Morgan fingerprint density at radius 1 is 1.12 bits per heavy atom. The number of carbonyl (C=O) groups is 1. The molecular weight excluding hydrogens is 334 g/mol. The first-order chi connectivity index (χ1) is 11.9. The van der Waals surface area contributed by atoms with Gasteiger partial charge in [0.1, 0.15) is 5.75 Å². The van der Waals surface area contributed by atoms with Crippen molar-refractivity contribution in [3.63, 3.8) is 0 Å². The van der Waals surface area contributed by atoms with Gasteiger partial charge in [-0.25, -0.2) is 0 Å². The molecule has 0 aromatic heterocycles. The van der Waals surface area contributed by atoms with Crippen molar-refractivity contribution in [2.24, 2.45) is 0 Å². The number of ether oxygens (including phenoxy) is 1. The third kappa shape index (κ3) is 5.79. The summed E-state index contributed by atoms with van der Waals surface area (Å²) in [5, 5.41) is 3.76. The highest BCUT2D eigenvalue weighted by Gasteiger charge is 2.17. The highest BCUT2D eigenvalue weighted by Crippen LogP contribution is 2.26. The van der Waals surface area contributed by atoms with Gasteiger partial charge in [-0.05, 0) is 69.4 Å². The number of carbonyl (C=O) groups excluding carboxylic acids is 1. The van der Waals surface area contributed by atoms with Crippen LogP contribution in [0.1, 0.15) is 37.0 Å². The summed E-state index contributed by atoms with van der Waals surface area (Å²) in [6.45, 7) is 7.64. The predicted octanol–water partition coefficient (Wildman–Crippen LogP) is 4.86. The molecule has 0 heterocycles. The molecule has 1 amide bonds. The van der Waals surface area contributed by atoms with Gasteiger partial charge in [-0.3, -0.25) is 4.79 Å². The summed E-state index contributed by atoms with van der Waals surface area (Å²) in [6.07, 6.45) is 1.27. The Labute approximate surface area is 155 Å². The number of aryl methyl sites for hydroxylation is 3. The van der Waals surface area contributed by atoms with Crippen molar-refractivity contribution in [2.45, 2.75) is 52.7 Å². The molecule has 2 rings (SSSR count). The van der Waals surface area contributed by atoms with Crippen molar-refractivity contribution in [3.05, 3.63) is 64.2 Å². The van der Waals surface area contributed by atoms with E-state index in [1.54, 1.807) is 6.92 Å². The molecule has 0 unspecified atom stereocenters. The molecule has 0 aliphatic rings. The average molecular weight is 360 g/mol. The van der Waals surface area contributed by atoms with E-state index in [1.807, 2.05) is 51.1 Å². The molecule has 0 saturated heterocycles. The summed E-state index contributed by atoms with van der Waals surface area (Å²) in [5.41, 5.74) is 3.17. The number of hydrogen-bond donors (Lipinski definition) is 1. The van der Waals surface area contributed by atoms with Crippen molar-refractivity contribution >= 4 is 17.5 Å². The molecule has 2 atom stereocenters. The Morgan fingerprint density at radius 2 is 1.72 bits per heavy atom. The standard InChI is InChI=1S/C21H26ClNO2/c1-14-12-19(13-15(2)20(14)22)25-17(4)21(24)23-16(3)10-11-18-8-6-5-7-9-18/h5-9,12-13,16-17H,10-11H2,1-4H3,(H,23,24)/t16-,17+/m1/s1. The molecule has 0 aliphatic carbocycles. The fraction of sp³-hybridized carbons (Fsp3) is 0.381. The van der Waals surface area contributed by atoms with Crippen LogP contribution in [0.3, 0.4) is 0 Å². The Kier molecular flexibility index (Phi) is 6.89. The van der Waals surface area contributed by atoms with Gasteiger partial charge in [-0.15, -0.1) is 0 Å². The number of benzene rings is 2. The number of nitrogens with one attached hydrogen (secondary N) is 1. The van der Waals surface area contributed by atoms with Gasteiger partial charge in [0.25, 0.3) is 5.91 Å². The summed E-state index contributed by atoms with van der Waals surface area (Å²) in [4.78, 5) is 12.3. The number of amides is 1. The first kappa shape index (κ1) is 19.3. The minimum atomic E-state index is -0.556. The predicted molar refractivity (Wildman–Crippen MR) is 103 cm³/mol. The van der Waals surface area contributed by atoms with E-state index < -0.39 is 6.10 Å². The van der Waals surface area contributed by atoms with Gasteiger partial charge in [-0.2, -0.15) is 0 Å². The molecule has 25 heavy (non-hydrogen) atoms. The minimum Gasteiger partial charge on any atom is -0.481 e. The first-order valence-electron chi connectivity index (χ1n) is 8.64. The smallest absolute Gasteiger partial charge is 0.260 e. The number of halogens is 1. The van der Waals surface area contributed by atoms with Crippen LogP contribution in [0, 0.1) is 13.8 Å². The van der Waals surface area contributed by atoms with Crippen LogP contribution in [-0.2, 0) is 11.2 Å². The Balaban J connectivity index is 1.85. The molecule has 134 valence electrons. The molecule has 3 nitrogen and oxygen atoms in total. The van der Waals surface area contributed by atoms with E-state index in [1.165, 1.54) is 5.56 Å². The molecule has 0 aliphatic heterocycles. The third-order valence-electron chi connectivity index (χ3n) is 4.19. The van der Waals surface area contributed by atoms with Crippen molar-refractivity contribution < 1.29 is 9.53 Å². The molecule has 0 radical (unpaired) electrons. The molecule has 0 fully saturated rings. The van der Waals surface area contributed by atoms with E-state index in [0.717, 1.165) is 29.0 Å². The lowest BCUT2D eigenvalue weighted by Crippen LogP contribution is -2.41. The molecule has 4 heteroatoms. The fourth-order valence-corrected chi connectivity index (χ4v) is 2.80. The highest BCUT2D eigenvalue weighted by molar-refractivity contribution is 6.32. The van der Waals surface area contributed by atoms with Crippen LogP contribution in [0.4, 0.5) is 0 Å². The van der Waals surface area contributed by atoms with Crippen molar-refractivity contribution in [2.75, 3.05) is 0 Å². The normalized spacial score (nSPS) is 13.2. The minimum absolute atomic E-state index is 0.0902. The second-order valence-corrected chi connectivity index (χ2v) is 6.94. The lowest BCUT2D eigenvalue weighted by atomic mass is 10.1. The van der Waals surface area contributed by atoms with Gasteiger partial charge in [0.05, 0.1) is 0 Å². The zero-order valence-electron chi connectivity index (χ0n) is 15.3. The molecule has 0 saturated carbocycles. The third-order valence-corrected chi connectivity index (χ3v) is 4.79. The van der Waals surface area contributed by atoms with Crippen LogP contribution in [0.15, 0.2) is 42.5 Å². The molecule has 2 aromatic rings. The fourth-order valence-electron chi connectivity index (χ4n) is 2.69. The largest absolute Gasteiger partial charge is 0.481 e. The summed E-state index contributed by atoms with van der Waals surface area (Å²) >= 11 is 6.17. The van der Waals surface area contributed by atoms with E-state index >= 15 is 0 Å². The Morgan fingerprint density at radius 3 is 2.32 bits per heavy atom. The Hall–Kier alpha value is -2.00. The number of hydrogen-bond acceptors (Lipinski definition) is 2. The quantitative estimate of drug-likeness (QED) is 0.766. The SMILES string of the molecule is Cc1cc(O[C@@H](C)C(=O)N[C@H](C)CCc2ccccc2)cc(C)c1Cl. The van der Waals surface area contributed by atoms with E-state index in [9.17, 15) is 4.79 Å². The van der Waals surface area contributed by atoms with Crippen LogP contribution in [0.25, 0.3) is 0 Å². The van der Waals surface area contributed by atoms with Crippen LogP contribution in [-0.4, -0.2) is 18.1 Å². The molecule has 2 aromatic carbocycles. The van der Waals surface area contributed by atoms with Gasteiger partial charge in [0, 0.05) is 11.1 Å². The van der Waals surface area contributed by atoms with E-state index in [4.69, 9.17) is 16.3 Å². The summed E-state index contributed by atoms with van der Waals surface area (Å²) < 4.78 is 5.79. The van der Waals surface area contributed by atoms with Crippen LogP contribution in [0.2, 0.25) is 5.02 Å². The topological polar surface area (TPSA) is 38.3 Å². The summed E-state index contributed by atoms with van der Waals surface area (Å²) in [7, 11) is 0. The molecular formula is C21H26ClNO2. The van der Waals surface area contributed by atoms with Gasteiger partial charge in [0.2, 0.25) is 0 Å².